The number of carbonyl (C=O) groups is 2. The highest BCUT2D eigenvalue weighted by atomic mass is 16.2. The minimum atomic E-state index is 0.111. The number of carbonyl (C=O) groups excluding carboxylic acids is 2. The van der Waals surface area contributed by atoms with Crippen molar-refractivity contribution in [3.8, 4) is 12.1 Å². The van der Waals surface area contributed by atoms with Crippen LogP contribution in [-0.4, -0.2) is 59.2 Å². The number of aryl methyl sites for hydroxylation is 2. The van der Waals surface area contributed by atoms with Crippen molar-refractivity contribution in [1.82, 2.24) is 9.80 Å². The molecule has 4 heterocycles. The van der Waals surface area contributed by atoms with Gasteiger partial charge in [0.2, 0.25) is 0 Å². The third-order valence-corrected chi connectivity index (χ3v) is 12.7. The van der Waals surface area contributed by atoms with E-state index < -0.39 is 0 Å². The van der Waals surface area contributed by atoms with E-state index in [9.17, 15) is 20.1 Å². The van der Waals surface area contributed by atoms with Crippen LogP contribution in [0.5, 0.6) is 0 Å². The molecule has 4 aromatic carbocycles. The minimum absolute atomic E-state index is 0.111. The Morgan fingerprint density at radius 1 is 0.630 bits per heavy atom. The Morgan fingerprint density at radius 2 is 1.07 bits per heavy atom. The molecule has 2 fully saturated rings. The van der Waals surface area contributed by atoms with E-state index in [1.165, 1.54) is 33.4 Å². The van der Waals surface area contributed by atoms with E-state index >= 15 is 0 Å². The van der Waals surface area contributed by atoms with E-state index in [1.54, 1.807) is 0 Å². The summed E-state index contributed by atoms with van der Waals surface area (Å²) in [5.41, 5.74) is 14.5. The fraction of sp³-hybridized carbons (Fsp3) is 0.348. The molecule has 0 spiro atoms. The molecule has 54 heavy (non-hydrogen) atoms. The lowest BCUT2D eigenvalue weighted by Gasteiger charge is -2.38. The van der Waals surface area contributed by atoms with Crippen molar-refractivity contribution in [2.24, 2.45) is 9.98 Å². The number of nitrogens with zero attached hydrogens (tertiary/aromatic N) is 6. The van der Waals surface area contributed by atoms with Crippen LogP contribution in [0.1, 0.15) is 114 Å². The summed E-state index contributed by atoms with van der Waals surface area (Å²) in [7, 11) is 0. The molecule has 0 unspecified atom stereocenters. The SMILES string of the molecule is Cc1cc2c(cc1C#N)[C@@H]1CCCN(C(=O)c3ccc4c(c3)N=CC4)[C@@H]1C2.Cc1cc2c(cc1C#N)[C@H]1CCCN(C(=O)c3ccc4c(c3)N=CC4)[C@H]1C2. The summed E-state index contributed by atoms with van der Waals surface area (Å²) in [6.07, 6.45) is 11.5. The van der Waals surface area contributed by atoms with Gasteiger partial charge < -0.3 is 9.80 Å². The van der Waals surface area contributed by atoms with Crippen molar-refractivity contribution in [2.75, 3.05) is 13.1 Å². The Hall–Kier alpha value is -5.86. The van der Waals surface area contributed by atoms with E-state index in [-0.39, 0.29) is 23.9 Å². The maximum Gasteiger partial charge on any atom is 0.254 e. The van der Waals surface area contributed by atoms with Gasteiger partial charge in [0.05, 0.1) is 34.6 Å². The van der Waals surface area contributed by atoms with E-state index in [2.05, 4.69) is 56.2 Å². The molecular formula is C46H42N6O2. The summed E-state index contributed by atoms with van der Waals surface area (Å²) in [5, 5.41) is 18.8. The van der Waals surface area contributed by atoms with Gasteiger partial charge in [-0.2, -0.15) is 10.5 Å². The molecule has 0 bridgehead atoms. The predicted molar refractivity (Wildman–Crippen MR) is 209 cm³/mol. The summed E-state index contributed by atoms with van der Waals surface area (Å²) >= 11 is 0. The monoisotopic (exact) mass is 710 g/mol. The highest BCUT2D eigenvalue weighted by Crippen LogP contribution is 2.45. The van der Waals surface area contributed by atoms with Crippen LogP contribution < -0.4 is 0 Å². The van der Waals surface area contributed by atoms with Crippen molar-refractivity contribution >= 4 is 35.6 Å². The fourth-order valence-corrected chi connectivity index (χ4v) is 9.95. The Labute approximate surface area is 316 Å². The minimum Gasteiger partial charge on any atom is -0.335 e. The molecule has 0 aromatic heterocycles. The number of hydrogen-bond acceptors (Lipinski definition) is 6. The number of piperidine rings is 2. The maximum atomic E-state index is 13.3. The van der Waals surface area contributed by atoms with Crippen molar-refractivity contribution in [3.05, 3.63) is 127 Å². The highest BCUT2D eigenvalue weighted by molar-refractivity contribution is 5.97. The molecular weight excluding hydrogens is 669 g/mol. The third-order valence-electron chi connectivity index (χ3n) is 12.7. The number of nitriles is 2. The number of amides is 2. The Morgan fingerprint density at radius 3 is 1.50 bits per heavy atom. The normalized spacial score (nSPS) is 22.1. The number of rotatable bonds is 2. The number of likely N-dealkylation sites (tertiary alicyclic amines) is 2. The Kier molecular flexibility index (Phi) is 8.50. The van der Waals surface area contributed by atoms with Crippen molar-refractivity contribution in [3.63, 3.8) is 0 Å². The van der Waals surface area contributed by atoms with Crippen molar-refractivity contribution in [2.45, 2.75) is 89.1 Å². The second-order valence-corrected chi connectivity index (χ2v) is 15.7. The van der Waals surface area contributed by atoms with Crippen LogP contribution in [-0.2, 0) is 25.7 Å². The van der Waals surface area contributed by atoms with Gasteiger partial charge in [-0.05, 0) is 133 Å². The smallest absolute Gasteiger partial charge is 0.254 e. The molecule has 2 saturated heterocycles. The largest absolute Gasteiger partial charge is 0.335 e. The second kappa shape index (κ2) is 13.5. The van der Waals surface area contributed by atoms with Crippen LogP contribution in [0.15, 0.2) is 70.6 Å². The van der Waals surface area contributed by atoms with Gasteiger partial charge in [0.1, 0.15) is 0 Å². The molecule has 0 saturated carbocycles. The van der Waals surface area contributed by atoms with Crippen LogP contribution in [0.2, 0.25) is 0 Å². The molecule has 0 N–H and O–H groups in total. The third kappa shape index (κ3) is 5.73. The molecule has 8 nitrogen and oxygen atoms in total. The van der Waals surface area contributed by atoms with Gasteiger partial charge >= 0.3 is 0 Å². The van der Waals surface area contributed by atoms with Gasteiger partial charge in [0, 0.05) is 73.4 Å². The predicted octanol–water partition coefficient (Wildman–Crippen LogP) is 8.14. The first kappa shape index (κ1) is 33.9. The van der Waals surface area contributed by atoms with E-state index in [0.29, 0.717) is 11.8 Å². The zero-order valence-corrected chi connectivity index (χ0v) is 30.8. The van der Waals surface area contributed by atoms with Crippen LogP contribution in [0, 0.1) is 36.5 Å². The van der Waals surface area contributed by atoms with Crippen molar-refractivity contribution < 1.29 is 9.59 Å². The number of benzene rings is 4. The van der Waals surface area contributed by atoms with E-state index in [4.69, 9.17) is 0 Å². The van der Waals surface area contributed by atoms with Gasteiger partial charge in [-0.25, -0.2) is 0 Å². The van der Waals surface area contributed by atoms with Gasteiger partial charge in [0.15, 0.2) is 0 Å². The molecule has 0 radical (unpaired) electrons. The van der Waals surface area contributed by atoms with Crippen LogP contribution in [0.25, 0.3) is 0 Å². The highest BCUT2D eigenvalue weighted by Gasteiger charge is 2.43. The van der Waals surface area contributed by atoms with Gasteiger partial charge in [-0.15, -0.1) is 0 Å². The zero-order valence-electron chi connectivity index (χ0n) is 30.8. The number of fused-ring (bicyclic) bond motifs is 8. The lowest BCUT2D eigenvalue weighted by molar-refractivity contribution is 0.0588. The fourth-order valence-electron chi connectivity index (χ4n) is 9.95. The lowest BCUT2D eigenvalue weighted by Crippen LogP contribution is -2.46. The van der Waals surface area contributed by atoms with Crippen LogP contribution in [0.4, 0.5) is 11.4 Å². The lowest BCUT2D eigenvalue weighted by atomic mass is 9.87. The summed E-state index contributed by atoms with van der Waals surface area (Å²) < 4.78 is 0. The second-order valence-electron chi connectivity index (χ2n) is 15.7. The number of hydrogen-bond donors (Lipinski definition) is 0. The van der Waals surface area contributed by atoms with Crippen LogP contribution >= 0.6 is 0 Å². The average molecular weight is 711 g/mol. The van der Waals surface area contributed by atoms with Crippen molar-refractivity contribution in [1.29, 1.82) is 10.5 Å². The standard InChI is InChI=1S/2C23H21N3O/c2*1-14-9-17-12-22-19(20(17)10-18(14)13-24)3-2-8-26(22)23(27)16-5-4-15-6-7-25-21(15)11-16/h2*4-5,7,9-11,19,22H,2-3,6,8,12H2,1H3/t2*19-,22+/m10/s1. The topological polar surface area (TPSA) is 113 Å². The molecule has 6 aliphatic rings. The number of aliphatic imine (C=N–C) groups is 2. The molecule has 2 aliphatic carbocycles. The molecule has 4 atom stereocenters. The summed E-state index contributed by atoms with van der Waals surface area (Å²) in [6, 6.07) is 25.3. The first-order valence-electron chi connectivity index (χ1n) is 19.3. The van der Waals surface area contributed by atoms with Crippen LogP contribution in [0.3, 0.4) is 0 Å². The van der Waals surface area contributed by atoms with Gasteiger partial charge in [-0.3, -0.25) is 19.6 Å². The van der Waals surface area contributed by atoms with Gasteiger partial charge in [-0.1, -0.05) is 24.3 Å². The summed E-state index contributed by atoms with van der Waals surface area (Å²) in [6.45, 7) is 5.60. The van der Waals surface area contributed by atoms with E-state index in [0.717, 1.165) is 109 Å². The molecule has 268 valence electrons. The average Bonchev–Trinajstić information content (AvgIpc) is 4.00. The Balaban J connectivity index is 0.000000142. The summed E-state index contributed by atoms with van der Waals surface area (Å²) in [4.78, 5) is 39.5. The quantitative estimate of drug-likeness (QED) is 0.209. The molecule has 10 rings (SSSR count). The maximum absolute atomic E-state index is 13.3. The zero-order chi connectivity index (χ0) is 37.1. The van der Waals surface area contributed by atoms with E-state index in [1.807, 2.05) is 62.7 Å². The molecule has 8 heteroatoms. The Bertz CT molecular complexity index is 2230. The summed E-state index contributed by atoms with van der Waals surface area (Å²) in [5.74, 6) is 0.912. The molecule has 4 aromatic rings. The first-order valence-corrected chi connectivity index (χ1v) is 19.3. The van der Waals surface area contributed by atoms with Gasteiger partial charge in [0.25, 0.3) is 11.8 Å². The molecule has 4 aliphatic heterocycles. The molecule has 2 amide bonds. The first-order chi connectivity index (χ1) is 26.3.